The number of phenolic OH excluding ortho intramolecular Hbond substituents is 1. The summed E-state index contributed by atoms with van der Waals surface area (Å²) in [5, 5.41) is 33.8. The van der Waals surface area contributed by atoms with E-state index in [4.69, 9.17) is 0 Å². The normalized spacial score (nSPS) is 20.1. The summed E-state index contributed by atoms with van der Waals surface area (Å²) in [6.45, 7) is 0. The van der Waals surface area contributed by atoms with Gasteiger partial charge in [0, 0.05) is 16.3 Å². The monoisotopic (exact) mass is 417 g/mol. The van der Waals surface area contributed by atoms with Crippen LogP contribution in [-0.2, 0) is 6.18 Å². The molecule has 2 aromatic carbocycles. The number of hydrogen-bond donors (Lipinski definition) is 3. The third-order valence-electron chi connectivity index (χ3n) is 5.57. The van der Waals surface area contributed by atoms with Gasteiger partial charge in [-0.05, 0) is 31.0 Å². The Labute approximate surface area is 171 Å². The van der Waals surface area contributed by atoms with Crippen molar-refractivity contribution in [2.45, 2.75) is 50.4 Å². The van der Waals surface area contributed by atoms with Crippen LogP contribution < -0.4 is 5.32 Å². The second-order valence-corrected chi connectivity index (χ2v) is 7.63. The third-order valence-corrected chi connectivity index (χ3v) is 5.57. The maximum atomic E-state index is 12.9. The van der Waals surface area contributed by atoms with Crippen LogP contribution >= 0.6 is 0 Å². The molecule has 0 amide bonds. The van der Waals surface area contributed by atoms with E-state index >= 15 is 0 Å². The van der Waals surface area contributed by atoms with Gasteiger partial charge in [-0.25, -0.2) is 0 Å². The summed E-state index contributed by atoms with van der Waals surface area (Å²) in [4.78, 5) is 0. The number of nitrogens with one attached hydrogen (secondary N) is 1. The number of fused-ring (bicyclic) bond motifs is 1. The highest BCUT2D eigenvalue weighted by Crippen LogP contribution is 2.39. The number of anilines is 1. The van der Waals surface area contributed by atoms with Gasteiger partial charge in [0.05, 0.1) is 17.7 Å². The summed E-state index contributed by atoms with van der Waals surface area (Å²) < 4.78 is 38.8. The molecule has 3 aromatic rings. The number of aromatic nitrogens is 2. The first-order chi connectivity index (χ1) is 14.3. The van der Waals surface area contributed by atoms with Crippen LogP contribution in [-0.4, -0.2) is 32.6 Å². The van der Waals surface area contributed by atoms with Crippen molar-refractivity contribution in [2.75, 3.05) is 5.32 Å². The van der Waals surface area contributed by atoms with E-state index in [0.717, 1.165) is 43.6 Å². The Hall–Kier alpha value is -2.87. The van der Waals surface area contributed by atoms with Gasteiger partial charge in [0.1, 0.15) is 11.4 Å². The van der Waals surface area contributed by atoms with Gasteiger partial charge < -0.3 is 15.5 Å². The van der Waals surface area contributed by atoms with Crippen LogP contribution in [0.5, 0.6) is 5.75 Å². The smallest absolute Gasteiger partial charge is 0.416 e. The van der Waals surface area contributed by atoms with E-state index in [9.17, 15) is 23.4 Å². The second kappa shape index (κ2) is 8.10. The Bertz CT molecular complexity index is 1060. The standard InChI is InChI=1S/C22H22F3N3O2/c23-22(24,25)13-10-11-16(19(30)12-13)20-14-6-4-5-7-15(14)21(28-27-20)26-17-8-2-1-3-9-18(17)29/h4-7,10-12,17-18,29-30H,1-3,8-9H2,(H,26,28)/t17?,18-/m1/s1. The molecular formula is C22H22F3N3O2. The SMILES string of the molecule is Oc1cc(C(F)(F)F)ccc1-c1nnc(NC2CCCCC[C@H]2O)c2ccccc12. The molecule has 0 radical (unpaired) electrons. The van der Waals surface area contributed by atoms with Crippen molar-refractivity contribution in [2.24, 2.45) is 0 Å². The number of hydrogen-bond acceptors (Lipinski definition) is 5. The third kappa shape index (κ3) is 4.05. The summed E-state index contributed by atoms with van der Waals surface area (Å²) in [5.41, 5.74) is -0.460. The van der Waals surface area contributed by atoms with Gasteiger partial charge in [0.15, 0.2) is 5.82 Å². The lowest BCUT2D eigenvalue weighted by atomic mass is 10.0. The first-order valence-corrected chi connectivity index (χ1v) is 9.95. The molecule has 3 N–H and O–H groups in total. The van der Waals surface area contributed by atoms with Crippen LogP contribution in [0.15, 0.2) is 42.5 Å². The summed E-state index contributed by atoms with van der Waals surface area (Å²) in [5.74, 6) is -0.00382. The van der Waals surface area contributed by atoms with Crippen molar-refractivity contribution in [3.05, 3.63) is 48.0 Å². The van der Waals surface area contributed by atoms with Gasteiger partial charge in [0.25, 0.3) is 0 Å². The largest absolute Gasteiger partial charge is 0.507 e. The Morgan fingerprint density at radius 1 is 0.933 bits per heavy atom. The van der Waals surface area contributed by atoms with E-state index in [-0.39, 0.29) is 11.6 Å². The fourth-order valence-electron chi connectivity index (χ4n) is 3.95. The molecule has 0 aliphatic heterocycles. The lowest BCUT2D eigenvalue weighted by Crippen LogP contribution is -2.33. The average Bonchev–Trinajstić information content (AvgIpc) is 2.92. The van der Waals surface area contributed by atoms with Gasteiger partial charge >= 0.3 is 6.18 Å². The fourth-order valence-corrected chi connectivity index (χ4v) is 3.95. The zero-order valence-corrected chi connectivity index (χ0v) is 16.2. The molecule has 0 bridgehead atoms. The van der Waals surface area contributed by atoms with Crippen molar-refractivity contribution in [3.8, 4) is 17.0 Å². The number of halogens is 3. The minimum Gasteiger partial charge on any atom is -0.507 e. The molecule has 158 valence electrons. The van der Waals surface area contributed by atoms with Crippen molar-refractivity contribution in [1.82, 2.24) is 10.2 Å². The fraction of sp³-hybridized carbons (Fsp3) is 0.364. The van der Waals surface area contributed by atoms with Crippen molar-refractivity contribution < 1.29 is 23.4 Å². The predicted octanol–water partition coefficient (Wildman–Crippen LogP) is 5.13. The van der Waals surface area contributed by atoms with Crippen molar-refractivity contribution in [3.63, 3.8) is 0 Å². The molecule has 1 aliphatic rings. The number of aromatic hydroxyl groups is 1. The molecule has 1 aromatic heterocycles. The highest BCUT2D eigenvalue weighted by Gasteiger charge is 2.31. The van der Waals surface area contributed by atoms with Gasteiger partial charge in [-0.15, -0.1) is 10.2 Å². The molecular weight excluding hydrogens is 395 g/mol. The van der Waals surface area contributed by atoms with Crippen molar-refractivity contribution >= 4 is 16.6 Å². The zero-order chi connectivity index (χ0) is 21.3. The number of rotatable bonds is 3. The lowest BCUT2D eigenvalue weighted by molar-refractivity contribution is -0.137. The van der Waals surface area contributed by atoms with Crippen LogP contribution in [0.1, 0.15) is 37.7 Å². The van der Waals surface area contributed by atoms with Crippen molar-refractivity contribution in [1.29, 1.82) is 0 Å². The predicted molar refractivity (Wildman–Crippen MR) is 108 cm³/mol. The average molecular weight is 417 g/mol. The van der Waals surface area contributed by atoms with E-state index in [1.807, 2.05) is 12.1 Å². The lowest BCUT2D eigenvalue weighted by Gasteiger charge is -2.23. The van der Waals surface area contributed by atoms with Gasteiger partial charge in [-0.3, -0.25) is 0 Å². The van der Waals surface area contributed by atoms with E-state index in [1.54, 1.807) is 12.1 Å². The number of aliphatic hydroxyl groups is 1. The highest BCUT2D eigenvalue weighted by atomic mass is 19.4. The van der Waals surface area contributed by atoms with Gasteiger partial charge in [0.2, 0.25) is 0 Å². The minimum absolute atomic E-state index is 0.143. The quantitative estimate of drug-likeness (QED) is 0.515. The van der Waals surface area contributed by atoms with E-state index in [2.05, 4.69) is 15.5 Å². The maximum absolute atomic E-state index is 12.9. The van der Waals surface area contributed by atoms with Crippen LogP contribution in [0.2, 0.25) is 0 Å². The number of aliphatic hydroxyl groups excluding tert-OH is 1. The number of alkyl halides is 3. The first-order valence-electron chi connectivity index (χ1n) is 9.95. The molecule has 2 atom stereocenters. The maximum Gasteiger partial charge on any atom is 0.416 e. The molecule has 8 heteroatoms. The molecule has 30 heavy (non-hydrogen) atoms. The molecule has 1 unspecified atom stereocenters. The number of phenols is 1. The summed E-state index contributed by atoms with van der Waals surface area (Å²) in [7, 11) is 0. The molecule has 5 nitrogen and oxygen atoms in total. The topological polar surface area (TPSA) is 78.3 Å². The number of nitrogens with zero attached hydrogens (tertiary/aromatic N) is 2. The summed E-state index contributed by atoms with van der Waals surface area (Å²) in [6.07, 6.45) is -0.411. The van der Waals surface area contributed by atoms with Crippen LogP contribution in [0.4, 0.5) is 19.0 Å². The molecule has 4 rings (SSSR count). The second-order valence-electron chi connectivity index (χ2n) is 7.63. The first kappa shape index (κ1) is 20.4. The minimum atomic E-state index is -4.54. The molecule has 1 fully saturated rings. The van der Waals surface area contributed by atoms with Crippen LogP contribution in [0, 0.1) is 0 Å². The Balaban J connectivity index is 1.74. The zero-order valence-electron chi connectivity index (χ0n) is 16.2. The van der Waals surface area contributed by atoms with E-state index < -0.39 is 23.6 Å². The Morgan fingerprint density at radius 3 is 2.40 bits per heavy atom. The Kier molecular flexibility index (Phi) is 5.51. The van der Waals surface area contributed by atoms with E-state index in [0.29, 0.717) is 23.0 Å². The van der Waals surface area contributed by atoms with Gasteiger partial charge in [-0.2, -0.15) is 13.2 Å². The Morgan fingerprint density at radius 2 is 1.67 bits per heavy atom. The van der Waals surface area contributed by atoms with E-state index in [1.165, 1.54) is 6.07 Å². The van der Waals surface area contributed by atoms with Crippen LogP contribution in [0.3, 0.4) is 0 Å². The highest BCUT2D eigenvalue weighted by molar-refractivity contribution is 6.00. The molecule has 0 saturated heterocycles. The molecule has 1 aliphatic carbocycles. The summed E-state index contributed by atoms with van der Waals surface area (Å²) in [6, 6.07) is 9.91. The molecule has 1 saturated carbocycles. The van der Waals surface area contributed by atoms with Gasteiger partial charge in [-0.1, -0.05) is 43.5 Å². The molecule has 0 spiro atoms. The number of benzene rings is 2. The van der Waals surface area contributed by atoms with Crippen LogP contribution in [0.25, 0.3) is 22.0 Å². The molecule has 1 heterocycles. The summed E-state index contributed by atoms with van der Waals surface area (Å²) >= 11 is 0.